The summed E-state index contributed by atoms with van der Waals surface area (Å²) in [5.74, 6) is -1.13. The number of para-hydroxylation sites is 1. The molecule has 3 heterocycles. The van der Waals surface area contributed by atoms with Crippen LogP contribution in [-0.2, 0) is 14.4 Å². The predicted octanol–water partition coefficient (Wildman–Crippen LogP) is 2.80. The molecule has 2 saturated heterocycles. The van der Waals surface area contributed by atoms with E-state index < -0.39 is 29.2 Å². The average Bonchev–Trinajstić information content (AvgIpc) is 3.43. The number of benzene rings is 2. The van der Waals surface area contributed by atoms with Crippen molar-refractivity contribution in [3.05, 3.63) is 65.7 Å². The number of imide groups is 1. The fourth-order valence-electron chi connectivity index (χ4n) is 7.16. The van der Waals surface area contributed by atoms with E-state index in [1.807, 2.05) is 30.3 Å². The number of nitrogens with zero attached hydrogens (tertiary/aromatic N) is 4. The number of fused-ring (bicyclic) bond motifs is 2. The molecule has 5 atom stereocenters. The predicted molar refractivity (Wildman–Crippen MR) is 127 cm³/mol. The van der Waals surface area contributed by atoms with Gasteiger partial charge in [0.1, 0.15) is 6.04 Å². The van der Waals surface area contributed by atoms with E-state index in [-0.39, 0.29) is 23.9 Å². The topological polar surface area (TPSA) is 90.2 Å². The van der Waals surface area contributed by atoms with Crippen LogP contribution in [0.15, 0.2) is 54.6 Å². The molecule has 5 aliphatic rings. The van der Waals surface area contributed by atoms with Gasteiger partial charge < -0.3 is 4.84 Å². The Morgan fingerprint density at radius 1 is 0.917 bits per heavy atom. The van der Waals surface area contributed by atoms with E-state index in [1.165, 1.54) is 15.2 Å². The highest BCUT2D eigenvalue weighted by Crippen LogP contribution is 2.70. The minimum atomic E-state index is -0.775. The van der Waals surface area contributed by atoms with Crippen molar-refractivity contribution in [2.45, 2.75) is 45.2 Å². The third kappa shape index (κ3) is 2.51. The highest BCUT2D eigenvalue weighted by Gasteiger charge is 2.75. The van der Waals surface area contributed by atoms with Crippen LogP contribution in [0.5, 0.6) is 0 Å². The molecule has 0 aromatic heterocycles. The zero-order chi connectivity index (χ0) is 25.0. The molecule has 2 aromatic rings. The number of rotatable bonds is 4. The Balaban J connectivity index is 1.17. The molecule has 2 aliphatic carbocycles. The lowest BCUT2D eigenvalue weighted by Crippen LogP contribution is -2.46. The molecule has 0 N–H and O–H groups in total. The Morgan fingerprint density at radius 2 is 1.56 bits per heavy atom. The van der Waals surface area contributed by atoms with E-state index in [1.54, 1.807) is 24.3 Å². The van der Waals surface area contributed by atoms with Gasteiger partial charge >= 0.3 is 5.97 Å². The molecule has 4 fully saturated rings. The zero-order valence-electron chi connectivity index (χ0n) is 20.1. The molecule has 184 valence electrons. The fourth-order valence-corrected chi connectivity index (χ4v) is 7.16. The number of hydroxylamine groups is 1. The maximum atomic E-state index is 14.0. The van der Waals surface area contributed by atoms with E-state index in [0.29, 0.717) is 22.7 Å². The van der Waals surface area contributed by atoms with Crippen LogP contribution in [0.25, 0.3) is 0 Å². The molecule has 2 saturated carbocycles. The van der Waals surface area contributed by atoms with Crippen molar-refractivity contribution in [3.8, 4) is 0 Å². The molecule has 9 nitrogen and oxygen atoms in total. The number of carbonyl (C=O) groups excluding carboxylic acids is 4. The van der Waals surface area contributed by atoms with Crippen molar-refractivity contribution < 1.29 is 24.0 Å². The first-order valence-corrected chi connectivity index (χ1v) is 12.4. The third-order valence-electron chi connectivity index (χ3n) is 9.24. The van der Waals surface area contributed by atoms with E-state index in [2.05, 4.69) is 13.8 Å². The van der Waals surface area contributed by atoms with Gasteiger partial charge in [-0.3, -0.25) is 14.4 Å². The van der Waals surface area contributed by atoms with E-state index >= 15 is 0 Å². The first kappa shape index (κ1) is 21.7. The molecule has 7 rings (SSSR count). The lowest BCUT2D eigenvalue weighted by atomic mass is 9.68. The molecule has 3 aliphatic heterocycles. The van der Waals surface area contributed by atoms with Crippen molar-refractivity contribution >= 4 is 29.4 Å². The van der Waals surface area contributed by atoms with Crippen LogP contribution in [0.4, 0.5) is 5.69 Å². The molecule has 9 heteroatoms. The Morgan fingerprint density at radius 3 is 2.19 bits per heavy atom. The summed E-state index contributed by atoms with van der Waals surface area (Å²) in [7, 11) is 0. The summed E-state index contributed by atoms with van der Waals surface area (Å²) in [6.45, 7) is 4.51. The average molecular weight is 487 g/mol. The summed E-state index contributed by atoms with van der Waals surface area (Å²) in [6, 6.07) is 14.8. The van der Waals surface area contributed by atoms with Gasteiger partial charge in [-0.05, 0) is 60.0 Å². The first-order valence-electron chi connectivity index (χ1n) is 12.4. The van der Waals surface area contributed by atoms with Crippen LogP contribution in [0.1, 0.15) is 53.8 Å². The van der Waals surface area contributed by atoms with Crippen molar-refractivity contribution in [1.29, 1.82) is 0 Å². The molecular weight excluding hydrogens is 460 g/mol. The van der Waals surface area contributed by atoms with E-state index in [4.69, 9.17) is 4.84 Å². The van der Waals surface area contributed by atoms with Gasteiger partial charge in [0.15, 0.2) is 0 Å². The molecule has 1 unspecified atom stereocenters. The van der Waals surface area contributed by atoms with Gasteiger partial charge in [-0.15, -0.1) is 0 Å². The second-order valence-electron chi connectivity index (χ2n) is 11.0. The van der Waals surface area contributed by atoms with Crippen molar-refractivity contribution in [2.75, 3.05) is 11.6 Å². The Kier molecular flexibility index (Phi) is 4.23. The summed E-state index contributed by atoms with van der Waals surface area (Å²) < 4.78 is 0. The van der Waals surface area contributed by atoms with Crippen LogP contribution >= 0.6 is 0 Å². The summed E-state index contributed by atoms with van der Waals surface area (Å²) in [4.78, 5) is 59.0. The lowest BCUT2D eigenvalue weighted by molar-refractivity contribution is -0.204. The molecular formula is C27H26N4O5. The van der Waals surface area contributed by atoms with Crippen LogP contribution < -0.4 is 5.01 Å². The van der Waals surface area contributed by atoms with Gasteiger partial charge in [-0.1, -0.05) is 44.2 Å². The van der Waals surface area contributed by atoms with Crippen LogP contribution in [0.2, 0.25) is 0 Å². The molecule has 36 heavy (non-hydrogen) atoms. The van der Waals surface area contributed by atoms with Gasteiger partial charge in [-0.25, -0.2) is 14.8 Å². The Labute approximate surface area is 208 Å². The monoisotopic (exact) mass is 486 g/mol. The Hall–Kier alpha value is -3.56. The molecule has 3 amide bonds. The van der Waals surface area contributed by atoms with Gasteiger partial charge in [-0.2, -0.15) is 5.01 Å². The number of anilines is 1. The largest absolute Gasteiger partial charge is 0.347 e. The quantitative estimate of drug-likeness (QED) is 0.485. The van der Waals surface area contributed by atoms with E-state index in [0.717, 1.165) is 24.3 Å². The number of hydrogen-bond acceptors (Lipinski definition) is 7. The maximum absolute atomic E-state index is 14.0. The highest BCUT2D eigenvalue weighted by molar-refractivity contribution is 6.21. The van der Waals surface area contributed by atoms with Crippen LogP contribution in [-0.4, -0.2) is 57.5 Å². The molecule has 0 radical (unpaired) electrons. The van der Waals surface area contributed by atoms with Gasteiger partial charge in [0.25, 0.3) is 17.7 Å². The minimum Gasteiger partial charge on any atom is -0.345 e. The standard InChI is InChI=1S/C27H26N4O5/c1-26(2)16-12-13-27(26)21(14-16)31(29(25(27)35)17-8-4-3-5-9-17)36-24(34)20-15-28(20)30-22(32)18-10-6-7-11-19(18)23(30)33/h3-11,16,20-21H,12-15H2,1-2H3/t16-,20-,21-,27+,28?/m1/s1. The summed E-state index contributed by atoms with van der Waals surface area (Å²) in [5, 5.41) is 5.46. The second kappa shape index (κ2) is 7.02. The third-order valence-corrected chi connectivity index (χ3v) is 9.24. The summed E-state index contributed by atoms with van der Waals surface area (Å²) >= 11 is 0. The minimum absolute atomic E-state index is 0.0375. The van der Waals surface area contributed by atoms with Gasteiger partial charge in [0.05, 0.1) is 28.3 Å². The molecule has 2 bridgehead atoms. The SMILES string of the molecule is CC1(C)[C@@H]2CC[C@]13C(=O)N(c1ccccc1)N(OC(=O)[C@H]1CN1N1C(=O)c4ccccc4C1=O)[C@@H]3C2. The first-order chi connectivity index (χ1) is 17.3. The van der Waals surface area contributed by atoms with E-state index in [9.17, 15) is 19.2 Å². The number of hydrazine groups is 2. The maximum Gasteiger partial charge on any atom is 0.347 e. The molecule has 1 spiro atoms. The normalized spacial score (nSPS) is 33.8. The summed E-state index contributed by atoms with van der Waals surface area (Å²) in [5.41, 5.74) is 0.460. The lowest BCUT2D eigenvalue weighted by Gasteiger charge is -2.34. The highest BCUT2D eigenvalue weighted by atomic mass is 16.8. The van der Waals surface area contributed by atoms with Crippen molar-refractivity contribution in [1.82, 2.24) is 15.2 Å². The number of hydrogen-bond donors (Lipinski definition) is 0. The van der Waals surface area contributed by atoms with Crippen LogP contribution in [0, 0.1) is 16.7 Å². The van der Waals surface area contributed by atoms with Gasteiger partial charge in [0, 0.05) is 6.54 Å². The smallest absolute Gasteiger partial charge is 0.345 e. The van der Waals surface area contributed by atoms with Gasteiger partial charge in [0.2, 0.25) is 0 Å². The molecule has 2 aromatic carbocycles. The zero-order valence-corrected chi connectivity index (χ0v) is 20.1. The Bertz CT molecular complexity index is 1310. The second-order valence-corrected chi connectivity index (χ2v) is 11.0. The van der Waals surface area contributed by atoms with Crippen molar-refractivity contribution in [2.24, 2.45) is 16.7 Å². The van der Waals surface area contributed by atoms with Crippen molar-refractivity contribution in [3.63, 3.8) is 0 Å². The number of amides is 3. The number of carbonyl (C=O) groups is 4. The van der Waals surface area contributed by atoms with Crippen LogP contribution in [0.3, 0.4) is 0 Å². The fraction of sp³-hybridized carbons (Fsp3) is 0.407. The summed E-state index contributed by atoms with van der Waals surface area (Å²) in [6.07, 6.45) is 2.51.